The first-order valence-corrected chi connectivity index (χ1v) is 15.0. The van der Waals surface area contributed by atoms with Crippen molar-refractivity contribution in [3.05, 3.63) is 53.6 Å². The minimum atomic E-state index is -3.73. The summed E-state index contributed by atoms with van der Waals surface area (Å²) in [6, 6.07) is 12.3. The Morgan fingerprint density at radius 3 is 2.21 bits per heavy atom. The second-order valence-corrected chi connectivity index (χ2v) is 12.3. The van der Waals surface area contributed by atoms with Gasteiger partial charge in [-0.3, -0.25) is 4.79 Å². The van der Waals surface area contributed by atoms with E-state index >= 15 is 0 Å². The van der Waals surface area contributed by atoms with Crippen LogP contribution < -0.4 is 4.90 Å². The van der Waals surface area contributed by atoms with E-state index in [0.717, 1.165) is 20.9 Å². The van der Waals surface area contributed by atoms with Crippen LogP contribution in [0.4, 0.5) is 9.93 Å². The lowest BCUT2D eigenvalue weighted by molar-refractivity contribution is 0.0746. The third kappa shape index (κ3) is 5.20. The Labute approximate surface area is 226 Å². The maximum Gasteiger partial charge on any atom is 0.409 e. The number of carbonyl (C=O) groups is 2. The maximum atomic E-state index is 13.1. The Bertz CT molecular complexity index is 1420. The van der Waals surface area contributed by atoms with Gasteiger partial charge in [-0.1, -0.05) is 23.5 Å². The number of benzene rings is 2. The number of fused-ring (bicyclic) bond motifs is 1. The molecule has 0 atom stereocenters. The van der Waals surface area contributed by atoms with Gasteiger partial charge in [0.2, 0.25) is 10.0 Å². The van der Waals surface area contributed by atoms with Gasteiger partial charge in [-0.25, -0.2) is 18.2 Å². The van der Waals surface area contributed by atoms with E-state index in [1.54, 1.807) is 35.3 Å². The molecule has 3 heterocycles. The monoisotopic (exact) mass is 557 g/mol. The summed E-state index contributed by atoms with van der Waals surface area (Å²) in [6.45, 7) is 7.53. The number of piperazine rings is 2. The van der Waals surface area contributed by atoms with Crippen molar-refractivity contribution < 1.29 is 22.7 Å². The summed E-state index contributed by atoms with van der Waals surface area (Å²) in [6.07, 6.45) is -0.427. The first-order valence-electron chi connectivity index (χ1n) is 12.7. The quantitative estimate of drug-likeness (QED) is 0.475. The Hall–Kier alpha value is -3.22. The normalized spacial score (nSPS) is 17.2. The highest BCUT2D eigenvalue weighted by Gasteiger charge is 2.31. The van der Waals surface area contributed by atoms with E-state index in [2.05, 4.69) is 24.0 Å². The highest BCUT2D eigenvalue weighted by Crippen LogP contribution is 2.31. The number of sulfonamides is 1. The predicted molar refractivity (Wildman–Crippen MR) is 146 cm³/mol. The van der Waals surface area contributed by atoms with Crippen molar-refractivity contribution in [3.63, 3.8) is 0 Å². The number of anilines is 1. The van der Waals surface area contributed by atoms with Gasteiger partial charge < -0.3 is 19.4 Å². The van der Waals surface area contributed by atoms with Gasteiger partial charge in [0.05, 0.1) is 21.7 Å². The van der Waals surface area contributed by atoms with Crippen LogP contribution in [0.2, 0.25) is 0 Å². The first kappa shape index (κ1) is 26.4. The molecule has 12 heteroatoms. The van der Waals surface area contributed by atoms with Crippen molar-refractivity contribution in [2.24, 2.45) is 0 Å². The van der Waals surface area contributed by atoms with Gasteiger partial charge in [0.25, 0.3) is 5.91 Å². The number of hydrogen-bond acceptors (Lipinski definition) is 8. The molecule has 0 aliphatic carbocycles. The molecule has 2 saturated heterocycles. The van der Waals surface area contributed by atoms with Crippen LogP contribution in [0.25, 0.3) is 10.2 Å². The SMILES string of the molecule is CCOC(=O)N1CCN(S(=O)(=O)c2ccc(C(=O)N3CCN(c4nc5c(C)cccc5s4)CC3)cc2)CC1. The second-order valence-electron chi connectivity index (χ2n) is 9.31. The lowest BCUT2D eigenvalue weighted by Crippen LogP contribution is -2.50. The van der Waals surface area contributed by atoms with Crippen molar-refractivity contribution in [1.82, 2.24) is 19.1 Å². The highest BCUT2D eigenvalue weighted by atomic mass is 32.2. The third-order valence-electron chi connectivity index (χ3n) is 6.95. The number of carbonyl (C=O) groups excluding carboxylic acids is 2. The molecule has 0 unspecified atom stereocenters. The summed E-state index contributed by atoms with van der Waals surface area (Å²) in [5, 5.41) is 0.971. The van der Waals surface area contributed by atoms with Crippen LogP contribution in [0.5, 0.6) is 0 Å². The van der Waals surface area contributed by atoms with Gasteiger partial charge in [-0.2, -0.15) is 4.31 Å². The Kier molecular flexibility index (Phi) is 7.55. The van der Waals surface area contributed by atoms with Gasteiger partial charge in [-0.05, 0) is 49.7 Å². The average Bonchev–Trinajstić information content (AvgIpc) is 3.39. The molecular weight excluding hydrogens is 526 g/mol. The van der Waals surface area contributed by atoms with Gasteiger partial charge in [0.15, 0.2) is 5.13 Å². The van der Waals surface area contributed by atoms with E-state index in [9.17, 15) is 18.0 Å². The number of hydrogen-bond donors (Lipinski definition) is 0. The largest absolute Gasteiger partial charge is 0.450 e. The topological polar surface area (TPSA) is 103 Å². The molecule has 0 spiro atoms. The van der Waals surface area contributed by atoms with E-state index in [1.807, 2.05) is 6.07 Å². The summed E-state index contributed by atoms with van der Waals surface area (Å²) >= 11 is 1.67. The lowest BCUT2D eigenvalue weighted by atomic mass is 10.2. The zero-order valence-corrected chi connectivity index (χ0v) is 23.1. The van der Waals surface area contributed by atoms with E-state index in [1.165, 1.54) is 21.3 Å². The van der Waals surface area contributed by atoms with Crippen LogP contribution in [-0.2, 0) is 14.8 Å². The van der Waals surface area contributed by atoms with E-state index in [-0.39, 0.29) is 43.6 Å². The smallest absolute Gasteiger partial charge is 0.409 e. The molecule has 2 fully saturated rings. The zero-order valence-electron chi connectivity index (χ0n) is 21.5. The summed E-state index contributed by atoms with van der Waals surface area (Å²) in [5.41, 5.74) is 2.64. The Morgan fingerprint density at radius 1 is 0.921 bits per heavy atom. The molecule has 2 amide bonds. The molecule has 10 nitrogen and oxygen atoms in total. The summed E-state index contributed by atoms with van der Waals surface area (Å²) in [7, 11) is -3.73. The molecule has 202 valence electrons. The molecule has 38 heavy (non-hydrogen) atoms. The van der Waals surface area contributed by atoms with Crippen LogP contribution in [0.3, 0.4) is 0 Å². The molecule has 0 N–H and O–H groups in total. The second kappa shape index (κ2) is 10.9. The summed E-state index contributed by atoms with van der Waals surface area (Å²) in [4.78, 5) is 35.5. The molecule has 5 rings (SSSR count). The lowest BCUT2D eigenvalue weighted by Gasteiger charge is -2.34. The van der Waals surface area contributed by atoms with Crippen LogP contribution in [0, 0.1) is 6.92 Å². The van der Waals surface area contributed by atoms with Crippen LogP contribution in [0.1, 0.15) is 22.8 Å². The van der Waals surface area contributed by atoms with Gasteiger partial charge in [0.1, 0.15) is 0 Å². The number of aryl methyl sites for hydroxylation is 1. The minimum Gasteiger partial charge on any atom is -0.450 e. The van der Waals surface area contributed by atoms with Crippen LogP contribution in [0.15, 0.2) is 47.4 Å². The fourth-order valence-electron chi connectivity index (χ4n) is 4.74. The molecule has 2 aromatic carbocycles. The van der Waals surface area contributed by atoms with Crippen LogP contribution in [-0.4, -0.2) is 98.5 Å². The standard InChI is InChI=1S/C26H31N5O5S2/c1-3-36-26(33)30-15-17-31(18-16-30)38(34,35)21-9-7-20(8-10-21)24(32)28-11-13-29(14-12-28)25-27-23-19(2)5-4-6-22(23)37-25/h4-10H,3,11-18H2,1-2H3. The number of ether oxygens (including phenoxy) is 1. The molecule has 0 radical (unpaired) electrons. The molecule has 0 saturated carbocycles. The fraction of sp³-hybridized carbons (Fsp3) is 0.423. The van der Waals surface area contributed by atoms with Crippen molar-refractivity contribution in [2.45, 2.75) is 18.7 Å². The van der Waals surface area contributed by atoms with Gasteiger partial charge in [0, 0.05) is 57.9 Å². The van der Waals surface area contributed by atoms with Gasteiger partial charge in [-0.15, -0.1) is 0 Å². The number of aromatic nitrogens is 1. The third-order valence-corrected chi connectivity index (χ3v) is 9.94. The predicted octanol–water partition coefficient (Wildman–Crippen LogP) is 3.03. The van der Waals surface area contributed by atoms with E-state index in [0.29, 0.717) is 31.7 Å². The summed E-state index contributed by atoms with van der Waals surface area (Å²) < 4.78 is 33.7. The highest BCUT2D eigenvalue weighted by molar-refractivity contribution is 7.89. The number of thiazole rings is 1. The number of rotatable bonds is 5. The molecule has 0 bridgehead atoms. The van der Waals surface area contributed by atoms with Crippen molar-refractivity contribution in [1.29, 1.82) is 0 Å². The van der Waals surface area contributed by atoms with E-state index in [4.69, 9.17) is 9.72 Å². The van der Waals surface area contributed by atoms with Crippen molar-refractivity contribution >= 4 is 48.7 Å². The average molecular weight is 558 g/mol. The van der Waals surface area contributed by atoms with Crippen molar-refractivity contribution in [2.75, 3.05) is 63.9 Å². The van der Waals surface area contributed by atoms with Gasteiger partial charge >= 0.3 is 6.09 Å². The molecule has 1 aromatic heterocycles. The maximum absolute atomic E-state index is 13.1. The first-order chi connectivity index (χ1) is 18.3. The molecule has 2 aliphatic rings. The minimum absolute atomic E-state index is 0.114. The number of nitrogens with zero attached hydrogens (tertiary/aromatic N) is 5. The Morgan fingerprint density at radius 2 is 1.58 bits per heavy atom. The zero-order chi connectivity index (χ0) is 26.9. The van der Waals surface area contributed by atoms with Crippen molar-refractivity contribution in [3.8, 4) is 0 Å². The summed E-state index contributed by atoms with van der Waals surface area (Å²) in [5.74, 6) is -0.114. The fourth-order valence-corrected chi connectivity index (χ4v) is 7.25. The molecule has 3 aromatic rings. The van der Waals surface area contributed by atoms with E-state index < -0.39 is 16.1 Å². The number of para-hydroxylation sites is 1. The molecular formula is C26H31N5O5S2. The molecule has 2 aliphatic heterocycles. The van der Waals surface area contributed by atoms with Crippen LogP contribution >= 0.6 is 11.3 Å². The Balaban J connectivity index is 1.18. The number of amides is 2.